The number of hydrogen-bond acceptors (Lipinski definition) is 5. The van der Waals surface area contributed by atoms with Crippen molar-refractivity contribution in [3.05, 3.63) is 46.6 Å². The van der Waals surface area contributed by atoms with Crippen LogP contribution in [-0.4, -0.2) is 24.8 Å². The van der Waals surface area contributed by atoms with E-state index in [-0.39, 0.29) is 5.43 Å². The molecule has 0 fully saturated rings. The van der Waals surface area contributed by atoms with Gasteiger partial charge in [-0.25, -0.2) is 0 Å². The molecule has 0 amide bonds. The molecule has 3 aromatic rings. The van der Waals surface area contributed by atoms with Crippen LogP contribution < -0.4 is 15.0 Å². The summed E-state index contributed by atoms with van der Waals surface area (Å²) in [7, 11) is 0. The van der Waals surface area contributed by atoms with E-state index in [1.165, 1.54) is 0 Å². The van der Waals surface area contributed by atoms with Crippen molar-refractivity contribution < 1.29 is 14.0 Å². The number of unbranched alkanes of at least 4 members (excludes halogenated alkanes) is 2. The molecule has 0 bridgehead atoms. The van der Waals surface area contributed by atoms with Crippen molar-refractivity contribution in [2.75, 3.05) is 19.7 Å². The summed E-state index contributed by atoms with van der Waals surface area (Å²) in [6.07, 6.45) is 3.14. The first-order valence-electron chi connectivity index (χ1n) is 9.73. The minimum Gasteiger partial charge on any atom is -0.493 e. The van der Waals surface area contributed by atoms with Gasteiger partial charge < -0.3 is 14.0 Å². The van der Waals surface area contributed by atoms with E-state index in [9.17, 15) is 4.79 Å². The van der Waals surface area contributed by atoms with Gasteiger partial charge in [0.2, 0.25) is 5.43 Å². The zero-order valence-electron chi connectivity index (χ0n) is 16.3. The van der Waals surface area contributed by atoms with Gasteiger partial charge in [0.1, 0.15) is 22.3 Å². The summed E-state index contributed by atoms with van der Waals surface area (Å²) in [6.45, 7) is 8.27. The molecule has 5 nitrogen and oxygen atoms in total. The van der Waals surface area contributed by atoms with Crippen LogP contribution in [0, 0.1) is 0 Å². The number of rotatable bonds is 9. The molecule has 0 aliphatic heterocycles. The van der Waals surface area contributed by atoms with Crippen molar-refractivity contribution in [1.82, 2.24) is 5.06 Å². The Labute approximate surface area is 159 Å². The van der Waals surface area contributed by atoms with E-state index in [1.807, 2.05) is 31.0 Å². The van der Waals surface area contributed by atoms with Crippen LogP contribution >= 0.6 is 0 Å². The molecule has 0 aliphatic carbocycles. The van der Waals surface area contributed by atoms with Gasteiger partial charge in [0.25, 0.3) is 0 Å². The van der Waals surface area contributed by atoms with Gasteiger partial charge in [-0.3, -0.25) is 4.79 Å². The molecule has 27 heavy (non-hydrogen) atoms. The third kappa shape index (κ3) is 4.25. The van der Waals surface area contributed by atoms with Gasteiger partial charge in [0, 0.05) is 25.2 Å². The predicted molar refractivity (Wildman–Crippen MR) is 109 cm³/mol. The lowest BCUT2D eigenvalue weighted by atomic mass is 10.1. The van der Waals surface area contributed by atoms with E-state index < -0.39 is 0 Å². The maximum Gasteiger partial charge on any atom is 0.204 e. The van der Waals surface area contributed by atoms with Crippen LogP contribution in [0.3, 0.4) is 0 Å². The predicted octanol–water partition coefficient (Wildman–Crippen LogP) is 5.15. The topological polar surface area (TPSA) is 51.9 Å². The highest BCUT2D eigenvalue weighted by Crippen LogP contribution is 2.32. The smallest absolute Gasteiger partial charge is 0.204 e. The third-order valence-electron chi connectivity index (χ3n) is 4.56. The van der Waals surface area contributed by atoms with Crippen molar-refractivity contribution >= 4 is 21.9 Å². The standard InChI is InChI=1S/C22H27NO4/c1-4-7-10-13-25-19-14-16(27-23(5-2)6-3)15-20-21(19)22(24)17-11-8-9-12-18(17)26-20/h8-9,11-12,14-15H,4-7,10,13H2,1-3H3. The van der Waals surface area contributed by atoms with Crippen LogP contribution in [0.4, 0.5) is 0 Å². The van der Waals surface area contributed by atoms with E-state index in [1.54, 1.807) is 24.3 Å². The number of benzene rings is 2. The Kier molecular flexibility index (Phi) is 6.35. The van der Waals surface area contributed by atoms with E-state index in [0.29, 0.717) is 40.0 Å². The van der Waals surface area contributed by atoms with Crippen molar-refractivity contribution in [2.45, 2.75) is 40.0 Å². The quantitative estimate of drug-likeness (QED) is 0.297. The van der Waals surface area contributed by atoms with Crippen molar-refractivity contribution in [2.24, 2.45) is 0 Å². The van der Waals surface area contributed by atoms with Gasteiger partial charge >= 0.3 is 0 Å². The maximum absolute atomic E-state index is 13.1. The Morgan fingerprint density at radius 1 is 1.00 bits per heavy atom. The Morgan fingerprint density at radius 2 is 1.78 bits per heavy atom. The van der Waals surface area contributed by atoms with E-state index in [4.69, 9.17) is 14.0 Å². The molecular formula is C22H27NO4. The highest BCUT2D eigenvalue weighted by molar-refractivity contribution is 5.93. The van der Waals surface area contributed by atoms with Crippen LogP contribution in [-0.2, 0) is 0 Å². The minimum absolute atomic E-state index is 0.0771. The Balaban J connectivity index is 2.10. The van der Waals surface area contributed by atoms with Crippen LogP contribution in [0.2, 0.25) is 0 Å². The average Bonchev–Trinajstić information content (AvgIpc) is 2.69. The molecule has 0 unspecified atom stereocenters. The second kappa shape index (κ2) is 8.91. The van der Waals surface area contributed by atoms with Gasteiger partial charge in [0.15, 0.2) is 5.75 Å². The van der Waals surface area contributed by atoms with Gasteiger partial charge in [-0.15, -0.1) is 5.06 Å². The average molecular weight is 369 g/mol. The molecule has 0 aliphatic rings. The molecule has 0 N–H and O–H groups in total. The van der Waals surface area contributed by atoms with Crippen molar-refractivity contribution in [3.63, 3.8) is 0 Å². The Morgan fingerprint density at radius 3 is 2.52 bits per heavy atom. The summed E-state index contributed by atoms with van der Waals surface area (Å²) >= 11 is 0. The van der Waals surface area contributed by atoms with Crippen LogP contribution in [0.1, 0.15) is 40.0 Å². The SMILES string of the molecule is CCCCCOc1cc(ON(CC)CC)cc2oc3ccccc3c(=O)c12. The zero-order chi connectivity index (χ0) is 19.2. The maximum atomic E-state index is 13.1. The third-order valence-corrected chi connectivity index (χ3v) is 4.56. The molecule has 2 aromatic carbocycles. The monoisotopic (exact) mass is 369 g/mol. The lowest BCUT2D eigenvalue weighted by Crippen LogP contribution is -2.26. The van der Waals surface area contributed by atoms with Crippen molar-refractivity contribution in [1.29, 1.82) is 0 Å². The number of hydrogen-bond donors (Lipinski definition) is 0. The molecule has 3 rings (SSSR count). The van der Waals surface area contributed by atoms with Crippen LogP contribution in [0.5, 0.6) is 11.5 Å². The fourth-order valence-electron chi connectivity index (χ4n) is 3.07. The molecule has 0 saturated carbocycles. The Bertz CT molecular complexity index is 960. The molecule has 0 saturated heterocycles. The highest BCUT2D eigenvalue weighted by Gasteiger charge is 2.16. The summed E-state index contributed by atoms with van der Waals surface area (Å²) < 4.78 is 12.0. The van der Waals surface area contributed by atoms with E-state index in [2.05, 4.69) is 6.92 Å². The molecule has 0 atom stereocenters. The molecule has 1 heterocycles. The van der Waals surface area contributed by atoms with E-state index >= 15 is 0 Å². The Hall–Kier alpha value is -2.53. The zero-order valence-corrected chi connectivity index (χ0v) is 16.3. The second-order valence-corrected chi connectivity index (χ2v) is 6.48. The summed E-state index contributed by atoms with van der Waals surface area (Å²) in [5.41, 5.74) is 0.965. The molecule has 1 aromatic heterocycles. The number of nitrogens with zero attached hydrogens (tertiary/aromatic N) is 1. The number of fused-ring (bicyclic) bond motifs is 2. The molecule has 5 heteroatoms. The normalized spacial score (nSPS) is 11.4. The van der Waals surface area contributed by atoms with E-state index in [0.717, 1.165) is 32.4 Å². The highest BCUT2D eigenvalue weighted by atomic mass is 16.7. The number of ether oxygens (including phenoxy) is 1. The fraction of sp³-hybridized carbons (Fsp3) is 0.409. The van der Waals surface area contributed by atoms with Crippen LogP contribution in [0.15, 0.2) is 45.6 Å². The first kappa shape index (κ1) is 19.2. The molecule has 0 spiro atoms. The van der Waals surface area contributed by atoms with Gasteiger partial charge in [-0.05, 0) is 32.4 Å². The summed E-state index contributed by atoms with van der Waals surface area (Å²) in [4.78, 5) is 19.0. The number of para-hydroxylation sites is 1. The largest absolute Gasteiger partial charge is 0.493 e. The first-order chi connectivity index (χ1) is 13.2. The lowest BCUT2D eigenvalue weighted by molar-refractivity contribution is -0.0487. The molecule has 144 valence electrons. The summed E-state index contributed by atoms with van der Waals surface area (Å²) in [5, 5.41) is 2.86. The summed E-state index contributed by atoms with van der Waals surface area (Å²) in [6, 6.07) is 10.8. The number of hydroxylamine groups is 2. The van der Waals surface area contributed by atoms with Crippen molar-refractivity contribution in [3.8, 4) is 11.5 Å². The summed E-state index contributed by atoms with van der Waals surface area (Å²) in [5.74, 6) is 1.13. The lowest BCUT2D eigenvalue weighted by Gasteiger charge is -2.20. The fourth-order valence-corrected chi connectivity index (χ4v) is 3.07. The van der Waals surface area contributed by atoms with Gasteiger partial charge in [-0.2, -0.15) is 0 Å². The first-order valence-corrected chi connectivity index (χ1v) is 9.73. The van der Waals surface area contributed by atoms with Gasteiger partial charge in [-0.1, -0.05) is 31.9 Å². The molecular weight excluding hydrogens is 342 g/mol. The van der Waals surface area contributed by atoms with Gasteiger partial charge in [0.05, 0.1) is 12.0 Å². The minimum atomic E-state index is -0.0771. The second-order valence-electron chi connectivity index (χ2n) is 6.48. The molecule has 0 radical (unpaired) electrons. The van der Waals surface area contributed by atoms with Crippen LogP contribution in [0.25, 0.3) is 21.9 Å².